The standard InChI is InChI=1S/C19H20FN3O2/c1-13-5-4-6-18-21-15(10-19(24)23(13)18)12-22(2)11-14-7-8-17(25-3)16(20)9-14/h4-10H,11-12H2,1-3H3. The number of hydrogen-bond acceptors (Lipinski definition) is 4. The van der Waals surface area contributed by atoms with Crippen LogP contribution in [0.2, 0.25) is 0 Å². The molecule has 0 amide bonds. The minimum absolute atomic E-state index is 0.0954. The van der Waals surface area contributed by atoms with Gasteiger partial charge >= 0.3 is 0 Å². The molecule has 0 atom stereocenters. The molecular formula is C19H20FN3O2. The van der Waals surface area contributed by atoms with Crippen LogP contribution in [0.15, 0.2) is 47.3 Å². The molecule has 0 saturated carbocycles. The lowest BCUT2D eigenvalue weighted by Crippen LogP contribution is -2.22. The summed E-state index contributed by atoms with van der Waals surface area (Å²) < 4.78 is 20.3. The Hall–Kier alpha value is -2.73. The molecule has 0 spiro atoms. The second kappa shape index (κ2) is 7.03. The van der Waals surface area contributed by atoms with Gasteiger partial charge in [0, 0.05) is 24.8 Å². The van der Waals surface area contributed by atoms with Crippen LogP contribution in [0.4, 0.5) is 4.39 Å². The molecule has 3 aromatic rings. The minimum atomic E-state index is -0.383. The number of nitrogens with zero attached hydrogens (tertiary/aromatic N) is 3. The lowest BCUT2D eigenvalue weighted by Gasteiger charge is -2.17. The molecule has 5 nitrogen and oxygen atoms in total. The zero-order valence-electron chi connectivity index (χ0n) is 14.5. The van der Waals surface area contributed by atoms with Crippen molar-refractivity contribution in [1.29, 1.82) is 0 Å². The number of pyridine rings is 1. The summed E-state index contributed by atoms with van der Waals surface area (Å²) in [5, 5.41) is 0. The molecule has 130 valence electrons. The average molecular weight is 341 g/mol. The normalized spacial score (nSPS) is 11.2. The molecule has 25 heavy (non-hydrogen) atoms. The van der Waals surface area contributed by atoms with Crippen LogP contribution in [0.1, 0.15) is 17.0 Å². The maximum Gasteiger partial charge on any atom is 0.258 e. The van der Waals surface area contributed by atoms with Crippen molar-refractivity contribution in [3.05, 3.63) is 75.6 Å². The summed E-state index contributed by atoms with van der Waals surface area (Å²) in [6.45, 7) is 2.91. The SMILES string of the molecule is COc1ccc(CN(C)Cc2cc(=O)n3c(C)cccc3n2)cc1F. The highest BCUT2D eigenvalue weighted by molar-refractivity contribution is 5.40. The number of aromatic nitrogens is 2. The van der Waals surface area contributed by atoms with Crippen molar-refractivity contribution in [2.75, 3.05) is 14.2 Å². The number of hydrogen-bond donors (Lipinski definition) is 0. The van der Waals surface area contributed by atoms with E-state index in [0.717, 1.165) is 11.3 Å². The molecule has 0 aliphatic rings. The highest BCUT2D eigenvalue weighted by Crippen LogP contribution is 2.18. The Bertz CT molecular complexity index is 969. The quantitative estimate of drug-likeness (QED) is 0.716. The van der Waals surface area contributed by atoms with Gasteiger partial charge in [0.1, 0.15) is 5.65 Å². The van der Waals surface area contributed by atoms with Gasteiger partial charge in [0.15, 0.2) is 11.6 Å². The van der Waals surface area contributed by atoms with Gasteiger partial charge in [0.25, 0.3) is 5.56 Å². The minimum Gasteiger partial charge on any atom is -0.494 e. The highest BCUT2D eigenvalue weighted by atomic mass is 19.1. The Morgan fingerprint density at radius 3 is 2.72 bits per heavy atom. The second-order valence-corrected chi connectivity index (χ2v) is 6.09. The van der Waals surface area contributed by atoms with E-state index in [2.05, 4.69) is 4.98 Å². The molecule has 0 saturated heterocycles. The molecule has 0 bridgehead atoms. The van der Waals surface area contributed by atoms with E-state index in [1.807, 2.05) is 43.1 Å². The highest BCUT2D eigenvalue weighted by Gasteiger charge is 2.09. The van der Waals surface area contributed by atoms with Gasteiger partial charge in [-0.2, -0.15) is 0 Å². The Labute approximate surface area is 145 Å². The zero-order valence-corrected chi connectivity index (χ0v) is 14.5. The average Bonchev–Trinajstić information content (AvgIpc) is 2.54. The summed E-state index contributed by atoms with van der Waals surface area (Å²) in [5.41, 5.74) is 2.90. The lowest BCUT2D eigenvalue weighted by atomic mass is 10.2. The molecule has 0 fully saturated rings. The zero-order chi connectivity index (χ0) is 18.0. The van der Waals surface area contributed by atoms with Crippen molar-refractivity contribution in [1.82, 2.24) is 14.3 Å². The third-order valence-corrected chi connectivity index (χ3v) is 4.03. The number of rotatable bonds is 5. The van der Waals surface area contributed by atoms with E-state index in [1.54, 1.807) is 16.5 Å². The summed E-state index contributed by atoms with van der Waals surface area (Å²) in [4.78, 5) is 18.8. The van der Waals surface area contributed by atoms with Gasteiger partial charge in [0.05, 0.1) is 12.8 Å². The summed E-state index contributed by atoms with van der Waals surface area (Å²) in [6, 6.07) is 12.0. The Balaban J connectivity index is 1.79. The molecule has 6 heteroatoms. The van der Waals surface area contributed by atoms with E-state index in [1.165, 1.54) is 13.2 Å². The number of aryl methyl sites for hydroxylation is 1. The molecule has 0 N–H and O–H groups in total. The monoisotopic (exact) mass is 341 g/mol. The maximum atomic E-state index is 13.8. The summed E-state index contributed by atoms with van der Waals surface area (Å²) in [5.74, 6) is -0.156. The molecule has 0 aliphatic heterocycles. The predicted molar refractivity (Wildman–Crippen MR) is 94.3 cm³/mol. The molecular weight excluding hydrogens is 321 g/mol. The number of benzene rings is 1. The summed E-state index contributed by atoms with van der Waals surface area (Å²) in [6.07, 6.45) is 0. The van der Waals surface area contributed by atoms with Crippen LogP contribution in [0.25, 0.3) is 5.65 Å². The van der Waals surface area contributed by atoms with E-state index in [9.17, 15) is 9.18 Å². The van der Waals surface area contributed by atoms with Crippen LogP contribution in [-0.4, -0.2) is 28.4 Å². The summed E-state index contributed by atoms with van der Waals surface area (Å²) >= 11 is 0. The third kappa shape index (κ3) is 3.69. The first-order valence-electron chi connectivity index (χ1n) is 7.97. The summed E-state index contributed by atoms with van der Waals surface area (Å²) in [7, 11) is 3.34. The van der Waals surface area contributed by atoms with Crippen molar-refractivity contribution in [2.24, 2.45) is 0 Å². The largest absolute Gasteiger partial charge is 0.494 e. The lowest BCUT2D eigenvalue weighted by molar-refractivity contribution is 0.313. The van der Waals surface area contributed by atoms with Crippen LogP contribution in [0.5, 0.6) is 5.75 Å². The van der Waals surface area contributed by atoms with Crippen molar-refractivity contribution in [3.8, 4) is 5.75 Å². The van der Waals surface area contributed by atoms with E-state index in [0.29, 0.717) is 24.4 Å². The Morgan fingerprint density at radius 1 is 1.20 bits per heavy atom. The molecule has 3 rings (SSSR count). The fourth-order valence-corrected chi connectivity index (χ4v) is 2.90. The van der Waals surface area contributed by atoms with E-state index in [-0.39, 0.29) is 17.1 Å². The predicted octanol–water partition coefficient (Wildman–Crippen LogP) is 2.78. The van der Waals surface area contributed by atoms with E-state index < -0.39 is 0 Å². The fourth-order valence-electron chi connectivity index (χ4n) is 2.90. The topological polar surface area (TPSA) is 46.8 Å². The van der Waals surface area contributed by atoms with Crippen molar-refractivity contribution < 1.29 is 9.13 Å². The van der Waals surface area contributed by atoms with Gasteiger partial charge in [0.2, 0.25) is 0 Å². The van der Waals surface area contributed by atoms with Gasteiger partial charge in [-0.1, -0.05) is 12.1 Å². The van der Waals surface area contributed by atoms with Crippen molar-refractivity contribution in [3.63, 3.8) is 0 Å². The molecule has 0 radical (unpaired) electrons. The smallest absolute Gasteiger partial charge is 0.258 e. The van der Waals surface area contributed by atoms with Crippen LogP contribution < -0.4 is 10.3 Å². The first kappa shape index (κ1) is 17.1. The number of halogens is 1. The van der Waals surface area contributed by atoms with Gasteiger partial charge in [-0.3, -0.25) is 14.1 Å². The maximum absolute atomic E-state index is 13.8. The number of methoxy groups -OCH3 is 1. The van der Waals surface area contributed by atoms with Gasteiger partial charge in [-0.25, -0.2) is 9.37 Å². The van der Waals surface area contributed by atoms with Crippen LogP contribution in [0.3, 0.4) is 0 Å². The third-order valence-electron chi connectivity index (χ3n) is 4.03. The Morgan fingerprint density at radius 2 is 2.00 bits per heavy atom. The van der Waals surface area contributed by atoms with E-state index >= 15 is 0 Å². The van der Waals surface area contributed by atoms with Crippen LogP contribution in [-0.2, 0) is 13.1 Å². The Kier molecular flexibility index (Phi) is 4.81. The molecule has 0 aliphatic carbocycles. The first-order valence-corrected chi connectivity index (χ1v) is 7.97. The first-order chi connectivity index (χ1) is 12.0. The van der Waals surface area contributed by atoms with Crippen LogP contribution in [0, 0.1) is 12.7 Å². The number of ether oxygens (including phenoxy) is 1. The van der Waals surface area contributed by atoms with Crippen LogP contribution >= 0.6 is 0 Å². The second-order valence-electron chi connectivity index (χ2n) is 6.09. The molecule has 2 heterocycles. The van der Waals surface area contributed by atoms with Crippen molar-refractivity contribution >= 4 is 5.65 Å². The fraction of sp³-hybridized carbons (Fsp3) is 0.263. The van der Waals surface area contributed by atoms with E-state index in [4.69, 9.17) is 4.74 Å². The van der Waals surface area contributed by atoms with Gasteiger partial charge in [-0.15, -0.1) is 0 Å². The molecule has 2 aromatic heterocycles. The molecule has 1 aromatic carbocycles. The van der Waals surface area contributed by atoms with Gasteiger partial charge < -0.3 is 4.74 Å². The number of fused-ring (bicyclic) bond motifs is 1. The molecule has 0 unspecified atom stereocenters. The van der Waals surface area contributed by atoms with Gasteiger partial charge in [-0.05, 0) is 43.8 Å². The van der Waals surface area contributed by atoms with Crippen molar-refractivity contribution in [2.45, 2.75) is 20.0 Å².